The van der Waals surface area contributed by atoms with E-state index in [0.29, 0.717) is 23.2 Å². The number of aryl methyl sites for hydroxylation is 1. The molecular formula is C36H26CrN9Na2O14S2-. The van der Waals surface area contributed by atoms with Crippen molar-refractivity contribution >= 4 is 75.9 Å². The Morgan fingerprint density at radius 2 is 1.19 bits per heavy atom. The number of rotatable bonds is 9. The Morgan fingerprint density at radius 3 is 1.78 bits per heavy atom. The second kappa shape index (κ2) is 22.0. The smallest absolute Gasteiger partial charge is 0.857 e. The van der Waals surface area contributed by atoms with E-state index in [9.17, 15) is 66.6 Å². The first kappa shape index (κ1) is 54.7. The van der Waals surface area contributed by atoms with Crippen LogP contribution in [0.2, 0.25) is 0 Å². The average molecular weight is 971 g/mol. The quantitative estimate of drug-likeness (QED) is 0.0515. The minimum absolute atomic E-state index is 0. The molecule has 0 saturated heterocycles. The molecule has 0 spiro atoms. The first-order valence-electron chi connectivity index (χ1n) is 16.5. The summed E-state index contributed by atoms with van der Waals surface area (Å²) in [5.74, 6) is -2.62. The van der Waals surface area contributed by atoms with Crippen molar-refractivity contribution in [3.05, 3.63) is 129 Å². The molecule has 6 N–H and O–H groups in total. The number of hydrogen-bond donors (Lipinski definition) is 4. The van der Waals surface area contributed by atoms with Crippen LogP contribution in [0.4, 0.5) is 34.1 Å². The summed E-state index contributed by atoms with van der Waals surface area (Å²) in [6, 6.07) is 23.5. The standard InChI is InChI=1S/C20H13N3O7S.C16H13N5O7S.Cr.H3N.2Na/c24-16-8-5-11-3-1-2-4-13(11)19(16)21-22-20-14-7-6-12(23(26)27)9-15(14)18(10-17(20)25)31(28,29)30;1-9-14(16(23)20(19-9)10-5-3-2-4-6-10)18-17-12-7-11(21(24)25)8-13(15(12)22)29(26,27)28;;;;/h1-10,24-25H,(H,28,29,30);2-8,22-23H,1H3,(H,26,27,28);;1H3;;/q;;;;2*+1/p-3. The van der Waals surface area contributed by atoms with E-state index in [-0.39, 0.29) is 122 Å². The Labute approximate surface area is 415 Å². The third kappa shape index (κ3) is 11.8. The third-order valence-corrected chi connectivity index (χ3v) is 10.1. The number of non-ortho nitro benzene ring substituents is 2. The molecule has 0 amide bonds. The summed E-state index contributed by atoms with van der Waals surface area (Å²) < 4.78 is 69.7. The van der Waals surface area contributed by atoms with Crippen LogP contribution < -0.4 is 70.4 Å². The molecule has 0 aliphatic heterocycles. The molecule has 6 aromatic carbocycles. The Bertz CT molecular complexity index is 3200. The minimum atomic E-state index is -5.23. The molecule has 0 bridgehead atoms. The molecule has 0 radical (unpaired) electrons. The maximum atomic E-state index is 12.5. The summed E-state index contributed by atoms with van der Waals surface area (Å²) >= 11 is 0. The molecule has 0 fully saturated rings. The zero-order chi connectivity index (χ0) is 43.7. The fraction of sp³-hybridized carbons (Fsp3) is 0.0278. The van der Waals surface area contributed by atoms with Crippen LogP contribution in [0.5, 0.6) is 23.1 Å². The number of fused-ring (bicyclic) bond motifs is 2. The number of aromatic nitrogens is 2. The molecule has 7 rings (SSSR count). The Hall–Kier alpha value is -5.44. The molecule has 0 saturated carbocycles. The van der Waals surface area contributed by atoms with Gasteiger partial charge in [0, 0.05) is 69.7 Å². The average Bonchev–Trinajstić information content (AvgIpc) is 3.48. The van der Waals surface area contributed by atoms with Gasteiger partial charge in [0.25, 0.3) is 11.4 Å². The SMILES string of the molecule is Cc1nn(-c2ccccc2)c([O-])c1N=Nc1cc([N+](=O)[O-])cc(S(=O)(=O)[O-])c1O.N.O=[N+]([O-])c1ccc2c(N=Nc3c(O)ccc4ccccc34)c(O)cc(S(=O)(=O)[O-])c2c1.[Cr].[Na+].[Na+]. The van der Waals surface area contributed by atoms with E-state index >= 15 is 0 Å². The maximum Gasteiger partial charge on any atom is 1.00 e. The van der Waals surface area contributed by atoms with Crippen molar-refractivity contribution in [2.75, 3.05) is 0 Å². The van der Waals surface area contributed by atoms with Crippen molar-refractivity contribution in [1.29, 1.82) is 0 Å². The van der Waals surface area contributed by atoms with E-state index in [1.54, 1.807) is 60.7 Å². The van der Waals surface area contributed by atoms with Gasteiger partial charge in [-0.1, -0.05) is 48.5 Å². The number of nitrogens with zero attached hydrogens (tertiary/aromatic N) is 8. The maximum absolute atomic E-state index is 12.5. The molecule has 1 aromatic heterocycles. The number of phenols is 3. The molecular weight excluding hydrogens is 945 g/mol. The predicted molar refractivity (Wildman–Crippen MR) is 210 cm³/mol. The summed E-state index contributed by atoms with van der Waals surface area (Å²) in [5, 5.41) is 85.4. The number of benzene rings is 6. The minimum Gasteiger partial charge on any atom is -0.857 e. The third-order valence-electron chi connectivity index (χ3n) is 8.41. The van der Waals surface area contributed by atoms with Gasteiger partial charge in [0.2, 0.25) is 0 Å². The zero-order valence-electron chi connectivity index (χ0n) is 33.2. The van der Waals surface area contributed by atoms with E-state index in [2.05, 4.69) is 25.6 Å². The first-order valence-corrected chi connectivity index (χ1v) is 19.3. The van der Waals surface area contributed by atoms with Gasteiger partial charge >= 0.3 is 59.1 Å². The van der Waals surface area contributed by atoms with Gasteiger partial charge < -0.3 is 35.7 Å². The van der Waals surface area contributed by atoms with Crippen molar-refractivity contribution in [2.45, 2.75) is 16.7 Å². The predicted octanol–water partition coefficient (Wildman–Crippen LogP) is 0.987. The van der Waals surface area contributed by atoms with Crippen molar-refractivity contribution in [3.63, 3.8) is 0 Å². The van der Waals surface area contributed by atoms with Crippen molar-refractivity contribution in [3.8, 4) is 28.8 Å². The number of phenolic OH excluding ortho intramolecular Hbond substituents is 3. The molecule has 0 atom stereocenters. The zero-order valence-corrected chi connectivity index (χ0v) is 40.1. The molecule has 23 nitrogen and oxygen atoms in total. The molecule has 1 heterocycles. The van der Waals surface area contributed by atoms with Crippen molar-refractivity contribution in [1.82, 2.24) is 15.9 Å². The Kier molecular flexibility index (Phi) is 18.8. The number of azo groups is 2. The van der Waals surface area contributed by atoms with Crippen LogP contribution in [0.15, 0.2) is 133 Å². The van der Waals surface area contributed by atoms with Crippen LogP contribution in [-0.4, -0.2) is 60.9 Å². The van der Waals surface area contributed by atoms with Gasteiger partial charge in [-0.15, -0.1) is 20.5 Å². The van der Waals surface area contributed by atoms with Crippen LogP contribution in [0, 0.1) is 27.2 Å². The topological polar surface area (TPSA) is 387 Å². The summed E-state index contributed by atoms with van der Waals surface area (Å²) in [5.41, 5.74) is -1.63. The van der Waals surface area contributed by atoms with E-state index in [1.165, 1.54) is 19.1 Å². The number of aromatic hydroxyl groups is 3. The van der Waals surface area contributed by atoms with E-state index < -0.39 is 74.3 Å². The Morgan fingerprint density at radius 1 is 0.625 bits per heavy atom. The number of nitro groups is 2. The Balaban J connectivity index is 0.000000415. The summed E-state index contributed by atoms with van der Waals surface area (Å²) in [6.07, 6.45) is 0. The first-order chi connectivity index (χ1) is 28.3. The fourth-order valence-corrected chi connectivity index (χ4v) is 6.94. The van der Waals surface area contributed by atoms with E-state index in [1.807, 2.05) is 0 Å². The molecule has 320 valence electrons. The van der Waals surface area contributed by atoms with Gasteiger partial charge in [0.1, 0.15) is 59.4 Å². The fourth-order valence-electron chi connectivity index (χ4n) is 5.64. The summed E-state index contributed by atoms with van der Waals surface area (Å²) in [4.78, 5) is 18.3. The van der Waals surface area contributed by atoms with Crippen LogP contribution in [-0.2, 0) is 37.6 Å². The number of hydrogen-bond acceptors (Lipinski definition) is 20. The number of para-hydroxylation sites is 1. The normalized spacial score (nSPS) is 11.2. The van der Waals surface area contributed by atoms with Gasteiger partial charge in [-0.3, -0.25) is 20.2 Å². The number of nitro benzene ring substituents is 2. The van der Waals surface area contributed by atoms with Gasteiger partial charge in [0.15, 0.2) is 5.75 Å². The van der Waals surface area contributed by atoms with Crippen LogP contribution >= 0.6 is 0 Å². The molecule has 28 heteroatoms. The van der Waals surface area contributed by atoms with E-state index in [4.69, 9.17) is 0 Å². The van der Waals surface area contributed by atoms with Crippen LogP contribution in [0.25, 0.3) is 27.2 Å². The van der Waals surface area contributed by atoms with Crippen molar-refractivity contribution < 1.29 is 133 Å². The van der Waals surface area contributed by atoms with Gasteiger partial charge in [-0.2, -0.15) is 5.10 Å². The molecule has 0 aliphatic rings. The van der Waals surface area contributed by atoms with Gasteiger partial charge in [0.05, 0.1) is 26.1 Å². The second-order valence-corrected chi connectivity index (χ2v) is 14.9. The van der Waals surface area contributed by atoms with Crippen LogP contribution in [0.3, 0.4) is 0 Å². The van der Waals surface area contributed by atoms with Gasteiger partial charge in [-0.25, -0.2) is 21.5 Å². The summed E-state index contributed by atoms with van der Waals surface area (Å²) in [6.45, 7) is 1.47. The largest absolute Gasteiger partial charge is 1.00 e. The molecule has 7 aromatic rings. The molecule has 64 heavy (non-hydrogen) atoms. The molecule has 0 unspecified atom stereocenters. The second-order valence-electron chi connectivity index (χ2n) is 12.2. The molecule has 0 aliphatic carbocycles. The monoisotopic (exact) mass is 970 g/mol. The summed E-state index contributed by atoms with van der Waals surface area (Å²) in [7, 11) is -10.3. The van der Waals surface area contributed by atoms with Gasteiger partial charge in [-0.05, 0) is 36.6 Å². The van der Waals surface area contributed by atoms with Crippen LogP contribution in [0.1, 0.15) is 5.69 Å². The van der Waals surface area contributed by atoms with E-state index in [0.717, 1.165) is 28.3 Å². The van der Waals surface area contributed by atoms with Crippen molar-refractivity contribution in [2.24, 2.45) is 20.5 Å².